The van der Waals surface area contributed by atoms with Crippen LogP contribution in [0.1, 0.15) is 5.56 Å². The number of halogens is 2. The van der Waals surface area contributed by atoms with Crippen LogP contribution in [-0.2, 0) is 0 Å². The van der Waals surface area contributed by atoms with Crippen molar-refractivity contribution in [2.24, 2.45) is 0 Å². The van der Waals surface area contributed by atoms with Crippen LogP contribution < -0.4 is 11.1 Å². The molecule has 6 heteroatoms. The van der Waals surface area contributed by atoms with Crippen LogP contribution in [0.5, 0.6) is 0 Å². The van der Waals surface area contributed by atoms with Gasteiger partial charge in [-0.3, -0.25) is 0 Å². The third kappa shape index (κ3) is 2.92. The Morgan fingerprint density at radius 3 is 2.72 bits per heavy atom. The summed E-state index contributed by atoms with van der Waals surface area (Å²) in [5.41, 5.74) is 7.56. The van der Waals surface area contributed by atoms with Gasteiger partial charge in [0.2, 0.25) is 0 Å². The molecule has 0 saturated heterocycles. The molecule has 0 spiro atoms. The van der Waals surface area contributed by atoms with Crippen LogP contribution in [-0.4, -0.2) is 4.98 Å². The molecule has 0 aliphatic carbocycles. The summed E-state index contributed by atoms with van der Waals surface area (Å²) >= 11 is 9.19. The van der Waals surface area contributed by atoms with Gasteiger partial charge in [-0.25, -0.2) is 4.98 Å². The maximum absolute atomic E-state index is 8.78. The van der Waals surface area contributed by atoms with E-state index < -0.39 is 0 Å². The van der Waals surface area contributed by atoms with Gasteiger partial charge < -0.3 is 11.1 Å². The molecule has 0 amide bonds. The SMILES string of the molecule is N#Cc1ccc(Nc2cc(N)cc(Cl)n2)c(Br)c1. The monoisotopic (exact) mass is 322 g/mol. The number of hydrogen-bond acceptors (Lipinski definition) is 4. The van der Waals surface area contributed by atoms with E-state index in [0.717, 1.165) is 10.2 Å². The Kier molecular flexibility index (Phi) is 3.70. The largest absolute Gasteiger partial charge is 0.399 e. The molecular formula is C12H8BrClN4. The molecule has 0 bridgehead atoms. The Hall–Kier alpha value is -1.77. The van der Waals surface area contributed by atoms with Crippen molar-refractivity contribution < 1.29 is 0 Å². The number of benzene rings is 1. The third-order valence-electron chi connectivity index (χ3n) is 2.18. The Balaban J connectivity index is 2.31. The first-order valence-electron chi connectivity index (χ1n) is 4.98. The Labute approximate surface area is 118 Å². The van der Waals surface area contributed by atoms with Crippen molar-refractivity contribution in [2.75, 3.05) is 11.1 Å². The zero-order valence-electron chi connectivity index (χ0n) is 9.11. The molecule has 3 N–H and O–H groups in total. The average molecular weight is 324 g/mol. The lowest BCUT2D eigenvalue weighted by molar-refractivity contribution is 1.31. The van der Waals surface area contributed by atoms with Crippen molar-refractivity contribution >= 4 is 44.7 Å². The highest BCUT2D eigenvalue weighted by atomic mass is 79.9. The van der Waals surface area contributed by atoms with E-state index >= 15 is 0 Å². The van der Waals surface area contributed by atoms with E-state index in [1.54, 1.807) is 30.3 Å². The van der Waals surface area contributed by atoms with E-state index in [4.69, 9.17) is 22.6 Å². The van der Waals surface area contributed by atoms with Crippen molar-refractivity contribution in [1.82, 2.24) is 4.98 Å². The van der Waals surface area contributed by atoms with E-state index in [0.29, 0.717) is 22.2 Å². The summed E-state index contributed by atoms with van der Waals surface area (Å²) in [6, 6.07) is 10.5. The fourth-order valence-corrected chi connectivity index (χ4v) is 2.10. The third-order valence-corrected chi connectivity index (χ3v) is 3.03. The second kappa shape index (κ2) is 5.25. The topological polar surface area (TPSA) is 74.7 Å². The predicted molar refractivity (Wildman–Crippen MR) is 75.8 cm³/mol. The normalized spacial score (nSPS) is 9.83. The lowest BCUT2D eigenvalue weighted by Crippen LogP contribution is -1.97. The highest BCUT2D eigenvalue weighted by Gasteiger charge is 2.04. The highest BCUT2D eigenvalue weighted by Crippen LogP contribution is 2.27. The van der Waals surface area contributed by atoms with Gasteiger partial charge in [0.1, 0.15) is 11.0 Å². The maximum atomic E-state index is 8.78. The van der Waals surface area contributed by atoms with Gasteiger partial charge >= 0.3 is 0 Å². The number of nitrogens with two attached hydrogens (primary N) is 1. The van der Waals surface area contributed by atoms with Crippen molar-refractivity contribution in [2.45, 2.75) is 0 Å². The van der Waals surface area contributed by atoms with Gasteiger partial charge in [0.15, 0.2) is 0 Å². The van der Waals surface area contributed by atoms with Gasteiger partial charge in [0, 0.05) is 16.2 Å². The van der Waals surface area contributed by atoms with Crippen molar-refractivity contribution in [3.05, 3.63) is 45.5 Å². The molecule has 0 unspecified atom stereocenters. The second-order valence-electron chi connectivity index (χ2n) is 3.54. The van der Waals surface area contributed by atoms with Gasteiger partial charge in [-0.1, -0.05) is 11.6 Å². The Morgan fingerprint density at radius 2 is 2.11 bits per heavy atom. The minimum absolute atomic E-state index is 0.322. The molecule has 0 radical (unpaired) electrons. The molecule has 0 fully saturated rings. The van der Waals surface area contributed by atoms with E-state index in [1.165, 1.54) is 0 Å². The summed E-state index contributed by atoms with van der Waals surface area (Å²) in [4.78, 5) is 4.10. The molecule has 1 heterocycles. The minimum Gasteiger partial charge on any atom is -0.399 e. The first kappa shape index (κ1) is 12.7. The van der Waals surface area contributed by atoms with Gasteiger partial charge in [-0.2, -0.15) is 5.26 Å². The minimum atomic E-state index is 0.322. The van der Waals surface area contributed by atoms with Crippen LogP contribution >= 0.6 is 27.5 Å². The fourth-order valence-electron chi connectivity index (χ4n) is 1.40. The molecule has 2 rings (SSSR count). The molecule has 1 aromatic heterocycles. The molecule has 0 atom stereocenters. The number of rotatable bonds is 2. The van der Waals surface area contributed by atoms with E-state index in [9.17, 15) is 0 Å². The second-order valence-corrected chi connectivity index (χ2v) is 4.78. The molecule has 90 valence electrons. The van der Waals surface area contributed by atoms with Crippen LogP contribution in [0.2, 0.25) is 5.15 Å². The van der Waals surface area contributed by atoms with Crippen LogP contribution in [0.3, 0.4) is 0 Å². The lowest BCUT2D eigenvalue weighted by Gasteiger charge is -2.09. The summed E-state index contributed by atoms with van der Waals surface area (Å²) in [6.45, 7) is 0. The summed E-state index contributed by atoms with van der Waals surface area (Å²) in [5.74, 6) is 0.547. The molecule has 0 aliphatic rings. The van der Waals surface area contributed by atoms with Gasteiger partial charge in [0.25, 0.3) is 0 Å². The van der Waals surface area contributed by atoms with Gasteiger partial charge in [0.05, 0.1) is 17.3 Å². The summed E-state index contributed by atoms with van der Waals surface area (Å²) in [5, 5.41) is 12.2. The van der Waals surface area contributed by atoms with Crippen LogP contribution in [0.25, 0.3) is 0 Å². The predicted octanol–water partition coefficient (Wildman–Crippen LogP) is 3.69. The molecule has 0 saturated carbocycles. The smallest absolute Gasteiger partial charge is 0.134 e. The summed E-state index contributed by atoms with van der Waals surface area (Å²) in [6.07, 6.45) is 0. The number of nitrogens with one attached hydrogen (secondary N) is 1. The van der Waals surface area contributed by atoms with Crippen molar-refractivity contribution in [1.29, 1.82) is 5.26 Å². The maximum Gasteiger partial charge on any atom is 0.134 e. The van der Waals surface area contributed by atoms with E-state index in [1.807, 2.05) is 0 Å². The standard InChI is InChI=1S/C12H8BrClN4/c13-9-3-7(6-15)1-2-10(9)17-12-5-8(16)4-11(14)18-12/h1-5H,(H3,16,17,18). The van der Waals surface area contributed by atoms with Crippen LogP contribution in [0, 0.1) is 11.3 Å². The highest BCUT2D eigenvalue weighted by molar-refractivity contribution is 9.10. The molecule has 2 aromatic rings. The zero-order valence-corrected chi connectivity index (χ0v) is 11.5. The number of nitrogen functional groups attached to an aromatic ring is 1. The van der Waals surface area contributed by atoms with Crippen LogP contribution in [0.4, 0.5) is 17.2 Å². The van der Waals surface area contributed by atoms with Gasteiger partial charge in [-0.15, -0.1) is 0 Å². The number of nitrogens with zero attached hydrogens (tertiary/aromatic N) is 2. The van der Waals surface area contributed by atoms with E-state index in [2.05, 4.69) is 32.3 Å². The fraction of sp³-hybridized carbons (Fsp3) is 0. The average Bonchev–Trinajstić information content (AvgIpc) is 2.30. The molecule has 4 nitrogen and oxygen atoms in total. The molecule has 0 aliphatic heterocycles. The summed E-state index contributed by atoms with van der Waals surface area (Å²) in [7, 11) is 0. The zero-order chi connectivity index (χ0) is 13.1. The first-order chi connectivity index (χ1) is 8.58. The molecule has 1 aromatic carbocycles. The summed E-state index contributed by atoms with van der Waals surface area (Å²) < 4.78 is 0.766. The number of aromatic nitrogens is 1. The number of nitriles is 1. The van der Waals surface area contributed by atoms with E-state index in [-0.39, 0.29) is 0 Å². The number of anilines is 3. The molecule has 18 heavy (non-hydrogen) atoms. The van der Waals surface area contributed by atoms with Gasteiger partial charge in [-0.05, 0) is 40.2 Å². The number of hydrogen-bond donors (Lipinski definition) is 2. The number of pyridine rings is 1. The first-order valence-corrected chi connectivity index (χ1v) is 6.15. The van der Waals surface area contributed by atoms with Crippen LogP contribution in [0.15, 0.2) is 34.8 Å². The Bertz CT molecular complexity index is 616. The lowest BCUT2D eigenvalue weighted by atomic mass is 10.2. The van der Waals surface area contributed by atoms with Crippen molar-refractivity contribution in [3.8, 4) is 6.07 Å². The van der Waals surface area contributed by atoms with Crippen molar-refractivity contribution in [3.63, 3.8) is 0 Å². The quantitative estimate of drug-likeness (QED) is 0.826. The Morgan fingerprint density at radius 1 is 1.33 bits per heavy atom. The molecular weight excluding hydrogens is 316 g/mol.